The molecule has 0 unspecified atom stereocenters. The Balaban J connectivity index is 1.55. The molecule has 0 bridgehead atoms. The first-order valence-electron chi connectivity index (χ1n) is 9.72. The zero-order valence-corrected chi connectivity index (χ0v) is 17.4. The number of carbonyl (C=O) groups is 2. The molecule has 5 nitrogen and oxygen atoms in total. The van der Waals surface area contributed by atoms with Crippen molar-refractivity contribution in [3.05, 3.63) is 95.1 Å². The SMILES string of the molecule is Cc1ccc(CN(C)C(=O)COC(=O)c2cccc(Oc3ccccc3)c2)c(C)c1. The van der Waals surface area contributed by atoms with Crippen molar-refractivity contribution in [2.45, 2.75) is 20.4 Å². The lowest BCUT2D eigenvalue weighted by atomic mass is 10.1. The van der Waals surface area contributed by atoms with E-state index in [0.29, 0.717) is 23.6 Å². The topological polar surface area (TPSA) is 55.8 Å². The molecule has 0 heterocycles. The first kappa shape index (κ1) is 21.1. The summed E-state index contributed by atoms with van der Waals surface area (Å²) < 4.78 is 11.0. The molecule has 0 spiro atoms. The Labute approximate surface area is 176 Å². The fraction of sp³-hybridized carbons (Fsp3) is 0.200. The minimum absolute atomic E-state index is 0.264. The van der Waals surface area contributed by atoms with Gasteiger partial charge in [-0.25, -0.2) is 4.79 Å². The fourth-order valence-electron chi connectivity index (χ4n) is 3.00. The molecular formula is C25H25NO4. The number of hydrogen-bond donors (Lipinski definition) is 0. The van der Waals surface area contributed by atoms with Crippen LogP contribution in [-0.2, 0) is 16.1 Å². The Morgan fingerprint density at radius 2 is 1.60 bits per heavy atom. The first-order chi connectivity index (χ1) is 14.4. The number of ether oxygens (including phenoxy) is 2. The Morgan fingerprint density at radius 3 is 2.33 bits per heavy atom. The number of nitrogens with zero attached hydrogens (tertiary/aromatic N) is 1. The van der Waals surface area contributed by atoms with E-state index in [4.69, 9.17) is 9.47 Å². The van der Waals surface area contributed by atoms with Crippen molar-refractivity contribution in [1.29, 1.82) is 0 Å². The molecule has 0 aromatic heterocycles. The molecule has 3 aromatic rings. The second-order valence-electron chi connectivity index (χ2n) is 7.20. The maximum atomic E-state index is 12.4. The van der Waals surface area contributed by atoms with E-state index < -0.39 is 5.97 Å². The molecule has 3 aromatic carbocycles. The Hall–Kier alpha value is -3.60. The van der Waals surface area contributed by atoms with Crippen LogP contribution in [-0.4, -0.2) is 30.4 Å². The zero-order valence-electron chi connectivity index (χ0n) is 17.4. The Kier molecular flexibility index (Phi) is 6.86. The van der Waals surface area contributed by atoms with E-state index in [1.54, 1.807) is 36.2 Å². The van der Waals surface area contributed by atoms with Crippen molar-refractivity contribution in [2.75, 3.05) is 13.7 Å². The van der Waals surface area contributed by atoms with Crippen LogP contribution in [0.2, 0.25) is 0 Å². The number of carbonyl (C=O) groups excluding carboxylic acids is 2. The summed E-state index contributed by atoms with van der Waals surface area (Å²) in [4.78, 5) is 26.3. The van der Waals surface area contributed by atoms with Gasteiger partial charge in [0.2, 0.25) is 0 Å². The summed E-state index contributed by atoms with van der Waals surface area (Å²) in [7, 11) is 1.70. The predicted molar refractivity (Wildman–Crippen MR) is 116 cm³/mol. The third-order valence-electron chi connectivity index (χ3n) is 4.71. The number of aryl methyl sites for hydroxylation is 2. The van der Waals surface area contributed by atoms with Crippen LogP contribution in [0.25, 0.3) is 0 Å². The summed E-state index contributed by atoms with van der Waals surface area (Å²) >= 11 is 0. The summed E-state index contributed by atoms with van der Waals surface area (Å²) in [5.41, 5.74) is 3.70. The van der Waals surface area contributed by atoms with Crippen LogP contribution < -0.4 is 4.74 Å². The summed E-state index contributed by atoms with van der Waals surface area (Å²) in [6.45, 7) is 4.20. The van der Waals surface area contributed by atoms with Gasteiger partial charge < -0.3 is 14.4 Å². The molecule has 3 rings (SSSR count). The first-order valence-corrected chi connectivity index (χ1v) is 9.72. The number of likely N-dealkylation sites (N-methyl/N-ethyl adjacent to an activating group) is 1. The number of esters is 1. The van der Waals surface area contributed by atoms with Gasteiger partial charge in [-0.3, -0.25) is 4.79 Å². The molecule has 0 aliphatic rings. The second-order valence-corrected chi connectivity index (χ2v) is 7.20. The summed E-state index contributed by atoms with van der Waals surface area (Å²) in [6, 6.07) is 22.1. The van der Waals surface area contributed by atoms with E-state index in [1.807, 2.05) is 56.3 Å². The van der Waals surface area contributed by atoms with Crippen molar-refractivity contribution in [3.8, 4) is 11.5 Å². The minimum atomic E-state index is -0.568. The van der Waals surface area contributed by atoms with Crippen LogP contribution in [0.1, 0.15) is 27.0 Å². The van der Waals surface area contributed by atoms with E-state index in [9.17, 15) is 9.59 Å². The highest BCUT2D eigenvalue weighted by molar-refractivity contribution is 5.91. The molecule has 0 fully saturated rings. The Morgan fingerprint density at radius 1 is 0.867 bits per heavy atom. The van der Waals surface area contributed by atoms with E-state index in [2.05, 4.69) is 6.07 Å². The minimum Gasteiger partial charge on any atom is -0.457 e. The smallest absolute Gasteiger partial charge is 0.338 e. The quantitative estimate of drug-likeness (QED) is 0.526. The highest BCUT2D eigenvalue weighted by Gasteiger charge is 2.15. The number of benzene rings is 3. The molecule has 0 N–H and O–H groups in total. The molecule has 1 amide bonds. The van der Waals surface area contributed by atoms with Crippen LogP contribution >= 0.6 is 0 Å². The highest BCUT2D eigenvalue weighted by Crippen LogP contribution is 2.22. The molecule has 0 atom stereocenters. The lowest BCUT2D eigenvalue weighted by Crippen LogP contribution is -2.31. The second kappa shape index (κ2) is 9.74. The van der Waals surface area contributed by atoms with E-state index in [0.717, 1.165) is 11.1 Å². The van der Waals surface area contributed by atoms with Gasteiger partial charge in [0.15, 0.2) is 6.61 Å². The molecular weight excluding hydrogens is 378 g/mol. The number of hydrogen-bond acceptors (Lipinski definition) is 4. The average Bonchev–Trinajstić information content (AvgIpc) is 2.74. The molecule has 0 aliphatic heterocycles. The fourth-order valence-corrected chi connectivity index (χ4v) is 3.00. The molecule has 5 heteroatoms. The van der Waals surface area contributed by atoms with Crippen molar-refractivity contribution in [2.24, 2.45) is 0 Å². The summed E-state index contributed by atoms with van der Waals surface area (Å²) in [6.07, 6.45) is 0. The number of amides is 1. The predicted octanol–water partition coefficient (Wildman–Crippen LogP) is 4.91. The van der Waals surface area contributed by atoms with Crippen LogP contribution in [0, 0.1) is 13.8 Å². The van der Waals surface area contributed by atoms with Gasteiger partial charge in [0.25, 0.3) is 5.91 Å². The van der Waals surface area contributed by atoms with Crippen molar-refractivity contribution in [1.82, 2.24) is 4.90 Å². The zero-order chi connectivity index (χ0) is 21.5. The van der Waals surface area contributed by atoms with Gasteiger partial charge >= 0.3 is 5.97 Å². The molecule has 154 valence electrons. The van der Waals surface area contributed by atoms with Gasteiger partial charge in [-0.05, 0) is 55.3 Å². The van der Waals surface area contributed by atoms with E-state index >= 15 is 0 Å². The maximum absolute atomic E-state index is 12.4. The number of para-hydroxylation sites is 1. The van der Waals surface area contributed by atoms with Gasteiger partial charge in [0, 0.05) is 13.6 Å². The van der Waals surface area contributed by atoms with E-state index in [1.165, 1.54) is 5.56 Å². The lowest BCUT2D eigenvalue weighted by molar-refractivity contribution is -0.133. The normalized spacial score (nSPS) is 10.4. The Bertz CT molecular complexity index is 1030. The molecule has 0 aliphatic carbocycles. The largest absolute Gasteiger partial charge is 0.457 e. The van der Waals surface area contributed by atoms with E-state index in [-0.39, 0.29) is 12.5 Å². The van der Waals surface area contributed by atoms with Gasteiger partial charge in [-0.2, -0.15) is 0 Å². The van der Waals surface area contributed by atoms with Gasteiger partial charge in [-0.1, -0.05) is 48.0 Å². The molecule has 0 radical (unpaired) electrons. The van der Waals surface area contributed by atoms with Crippen LogP contribution in [0.3, 0.4) is 0 Å². The maximum Gasteiger partial charge on any atom is 0.338 e. The summed E-state index contributed by atoms with van der Waals surface area (Å²) in [5, 5.41) is 0. The third-order valence-corrected chi connectivity index (χ3v) is 4.71. The van der Waals surface area contributed by atoms with Crippen LogP contribution in [0.4, 0.5) is 0 Å². The average molecular weight is 403 g/mol. The lowest BCUT2D eigenvalue weighted by Gasteiger charge is -2.18. The highest BCUT2D eigenvalue weighted by atomic mass is 16.5. The third kappa shape index (κ3) is 5.70. The van der Waals surface area contributed by atoms with Gasteiger partial charge in [-0.15, -0.1) is 0 Å². The molecule has 30 heavy (non-hydrogen) atoms. The standard InChI is InChI=1S/C25H25NO4/c1-18-12-13-21(19(2)14-18)16-26(3)24(27)17-29-25(28)20-8-7-11-23(15-20)30-22-9-5-4-6-10-22/h4-15H,16-17H2,1-3H3. The van der Waals surface area contributed by atoms with Crippen molar-refractivity contribution >= 4 is 11.9 Å². The molecule has 0 saturated carbocycles. The van der Waals surface area contributed by atoms with Crippen LogP contribution in [0.15, 0.2) is 72.8 Å². The summed E-state index contributed by atoms with van der Waals surface area (Å²) in [5.74, 6) is 0.363. The van der Waals surface area contributed by atoms with Crippen molar-refractivity contribution < 1.29 is 19.1 Å². The van der Waals surface area contributed by atoms with Gasteiger partial charge in [0.1, 0.15) is 11.5 Å². The van der Waals surface area contributed by atoms with Gasteiger partial charge in [0.05, 0.1) is 5.56 Å². The number of rotatable bonds is 7. The van der Waals surface area contributed by atoms with Crippen LogP contribution in [0.5, 0.6) is 11.5 Å². The molecule has 0 saturated heterocycles. The van der Waals surface area contributed by atoms with Crippen molar-refractivity contribution in [3.63, 3.8) is 0 Å². The monoisotopic (exact) mass is 403 g/mol.